The molecule has 38 heavy (non-hydrogen) atoms. The molecule has 4 aromatic rings. The molecule has 0 atom stereocenters. The van der Waals surface area contributed by atoms with E-state index in [2.05, 4.69) is 25.0 Å². The van der Waals surface area contributed by atoms with Gasteiger partial charge >= 0.3 is 6.18 Å². The van der Waals surface area contributed by atoms with Crippen LogP contribution in [0.4, 0.5) is 24.0 Å². The SMILES string of the molecule is COc1ccc(-c2sc(NC(C)(C)c3ncccn3)nc2C)cc1S(=O)(=O)Nc1ccccc1C(F)(F)F. The van der Waals surface area contributed by atoms with Gasteiger partial charge in [-0.3, -0.25) is 4.72 Å². The van der Waals surface area contributed by atoms with Crippen molar-refractivity contribution < 1.29 is 26.3 Å². The lowest BCUT2D eigenvalue weighted by Crippen LogP contribution is -2.30. The first-order chi connectivity index (χ1) is 17.8. The number of aryl methyl sites for hydroxylation is 1. The van der Waals surface area contributed by atoms with Crippen LogP contribution < -0.4 is 14.8 Å². The molecular formula is C25H24F3N5O3S2. The highest BCUT2D eigenvalue weighted by Crippen LogP contribution is 2.39. The van der Waals surface area contributed by atoms with Gasteiger partial charge in [0, 0.05) is 12.4 Å². The number of thiazole rings is 1. The highest BCUT2D eigenvalue weighted by molar-refractivity contribution is 7.92. The Morgan fingerprint density at radius 3 is 2.34 bits per heavy atom. The number of ether oxygens (including phenoxy) is 1. The topological polar surface area (TPSA) is 106 Å². The van der Waals surface area contributed by atoms with Crippen LogP contribution in [0.15, 0.2) is 65.8 Å². The minimum absolute atomic E-state index is 0.0198. The number of benzene rings is 2. The second kappa shape index (κ2) is 10.2. The molecule has 0 aliphatic heterocycles. The van der Waals surface area contributed by atoms with Crippen LogP contribution in [0.2, 0.25) is 0 Å². The van der Waals surface area contributed by atoms with Gasteiger partial charge in [0.1, 0.15) is 10.6 Å². The Labute approximate surface area is 222 Å². The highest BCUT2D eigenvalue weighted by Gasteiger charge is 2.35. The molecule has 0 aliphatic rings. The van der Waals surface area contributed by atoms with E-state index in [-0.39, 0.29) is 10.6 Å². The lowest BCUT2D eigenvalue weighted by molar-refractivity contribution is -0.136. The van der Waals surface area contributed by atoms with Crippen molar-refractivity contribution in [2.45, 2.75) is 37.4 Å². The average molecular weight is 564 g/mol. The quantitative estimate of drug-likeness (QED) is 0.267. The van der Waals surface area contributed by atoms with Crippen molar-refractivity contribution in [1.82, 2.24) is 15.0 Å². The maximum absolute atomic E-state index is 13.5. The number of alkyl halides is 3. The van der Waals surface area contributed by atoms with E-state index in [1.54, 1.807) is 31.5 Å². The number of para-hydroxylation sites is 1. The van der Waals surface area contributed by atoms with E-state index >= 15 is 0 Å². The van der Waals surface area contributed by atoms with Crippen molar-refractivity contribution in [3.05, 3.63) is 78.0 Å². The third-order valence-electron chi connectivity index (χ3n) is 5.53. The first-order valence-electron chi connectivity index (χ1n) is 11.2. The fourth-order valence-corrected chi connectivity index (χ4v) is 6.11. The zero-order valence-corrected chi connectivity index (χ0v) is 22.4. The van der Waals surface area contributed by atoms with E-state index in [1.807, 2.05) is 13.8 Å². The molecule has 2 aromatic heterocycles. The van der Waals surface area contributed by atoms with Crippen molar-refractivity contribution in [3.8, 4) is 16.2 Å². The maximum atomic E-state index is 13.5. The van der Waals surface area contributed by atoms with Gasteiger partial charge in [-0.2, -0.15) is 13.2 Å². The first kappa shape index (κ1) is 27.3. The van der Waals surface area contributed by atoms with E-state index in [1.165, 1.54) is 42.7 Å². The predicted octanol–water partition coefficient (Wildman–Crippen LogP) is 6.08. The van der Waals surface area contributed by atoms with Crippen molar-refractivity contribution in [3.63, 3.8) is 0 Å². The zero-order valence-electron chi connectivity index (χ0n) is 20.8. The first-order valence-corrected chi connectivity index (χ1v) is 13.5. The second-order valence-corrected chi connectivity index (χ2v) is 11.4. The molecule has 0 saturated heterocycles. The Morgan fingerprint density at radius 1 is 1.00 bits per heavy atom. The standard InChI is InChI=1S/C25H24F3N5O3S2/c1-15-21(37-23(31-15)32-24(2,3)22-29-12-7-13-30-22)16-10-11-19(36-4)20(14-16)38(34,35)33-18-9-6-5-8-17(18)25(26,27)28/h5-14,33H,1-4H3,(H,31,32). The average Bonchev–Trinajstić information content (AvgIpc) is 3.22. The number of anilines is 2. The van der Waals surface area contributed by atoms with E-state index in [0.29, 0.717) is 27.1 Å². The Kier molecular flexibility index (Phi) is 7.35. The number of nitrogens with one attached hydrogen (secondary N) is 2. The Morgan fingerprint density at radius 2 is 1.68 bits per heavy atom. The molecule has 2 aromatic carbocycles. The molecule has 4 rings (SSSR count). The number of methoxy groups -OCH3 is 1. The van der Waals surface area contributed by atoms with Gasteiger partial charge in [0.25, 0.3) is 10.0 Å². The molecule has 0 unspecified atom stereocenters. The number of halogens is 3. The highest BCUT2D eigenvalue weighted by atomic mass is 32.2. The van der Waals surface area contributed by atoms with Gasteiger partial charge in [-0.1, -0.05) is 23.5 Å². The summed E-state index contributed by atoms with van der Waals surface area (Å²) in [5.74, 6) is 0.547. The van der Waals surface area contributed by atoms with Gasteiger partial charge in [0.2, 0.25) is 0 Å². The summed E-state index contributed by atoms with van der Waals surface area (Å²) in [7, 11) is -3.18. The Hall–Kier alpha value is -3.71. The molecule has 13 heteroatoms. The zero-order chi connectivity index (χ0) is 27.7. The summed E-state index contributed by atoms with van der Waals surface area (Å²) in [6.45, 7) is 5.59. The summed E-state index contributed by atoms with van der Waals surface area (Å²) < 4.78 is 74.2. The van der Waals surface area contributed by atoms with Crippen LogP contribution >= 0.6 is 11.3 Å². The van der Waals surface area contributed by atoms with Gasteiger partial charge in [-0.05, 0) is 62.7 Å². The number of nitrogens with zero attached hydrogens (tertiary/aromatic N) is 3. The molecule has 0 fully saturated rings. The lowest BCUT2D eigenvalue weighted by atomic mass is 10.1. The number of hydrogen-bond acceptors (Lipinski definition) is 8. The largest absolute Gasteiger partial charge is 0.495 e. The number of aromatic nitrogens is 3. The van der Waals surface area contributed by atoms with Crippen LogP contribution in [0.3, 0.4) is 0 Å². The smallest absolute Gasteiger partial charge is 0.418 e. The van der Waals surface area contributed by atoms with Gasteiger partial charge < -0.3 is 10.1 Å². The molecule has 0 bridgehead atoms. The normalized spacial score (nSPS) is 12.3. The van der Waals surface area contributed by atoms with Gasteiger partial charge in [0.15, 0.2) is 11.0 Å². The molecule has 0 spiro atoms. The van der Waals surface area contributed by atoms with Crippen LogP contribution in [0.5, 0.6) is 5.75 Å². The van der Waals surface area contributed by atoms with Gasteiger partial charge in [0.05, 0.1) is 34.5 Å². The van der Waals surface area contributed by atoms with Crippen molar-refractivity contribution in [1.29, 1.82) is 0 Å². The van der Waals surface area contributed by atoms with Crippen molar-refractivity contribution in [2.24, 2.45) is 0 Å². The summed E-state index contributed by atoms with van der Waals surface area (Å²) in [5, 5.41) is 3.87. The number of rotatable bonds is 8. The molecular weight excluding hydrogens is 539 g/mol. The van der Waals surface area contributed by atoms with Crippen LogP contribution in [0.25, 0.3) is 10.4 Å². The van der Waals surface area contributed by atoms with Crippen LogP contribution in [0.1, 0.15) is 30.9 Å². The van der Waals surface area contributed by atoms with Gasteiger partial charge in [-0.15, -0.1) is 0 Å². The molecule has 0 aliphatic carbocycles. The summed E-state index contributed by atoms with van der Waals surface area (Å²) in [6.07, 6.45) is -1.46. The third kappa shape index (κ3) is 5.73. The van der Waals surface area contributed by atoms with Gasteiger partial charge in [-0.25, -0.2) is 23.4 Å². The summed E-state index contributed by atoms with van der Waals surface area (Å²) in [6, 6.07) is 10.6. The van der Waals surface area contributed by atoms with E-state index in [9.17, 15) is 21.6 Å². The predicted molar refractivity (Wildman–Crippen MR) is 140 cm³/mol. The molecule has 0 amide bonds. The minimum atomic E-state index is -4.74. The second-order valence-electron chi connectivity index (χ2n) is 8.77. The van der Waals surface area contributed by atoms with Crippen LogP contribution in [0, 0.1) is 6.92 Å². The monoisotopic (exact) mass is 563 g/mol. The fourth-order valence-electron chi connectivity index (χ4n) is 3.71. The van der Waals surface area contributed by atoms with Crippen LogP contribution in [-0.2, 0) is 21.7 Å². The molecule has 8 nitrogen and oxygen atoms in total. The van der Waals surface area contributed by atoms with Crippen molar-refractivity contribution >= 4 is 32.2 Å². The molecule has 2 N–H and O–H groups in total. The summed E-state index contributed by atoms with van der Waals surface area (Å²) in [5.41, 5.74) is -1.19. The number of sulfonamides is 1. The summed E-state index contributed by atoms with van der Waals surface area (Å²) in [4.78, 5) is 13.5. The number of hydrogen-bond donors (Lipinski definition) is 2. The van der Waals surface area contributed by atoms with E-state index < -0.39 is 33.0 Å². The molecule has 2 heterocycles. The maximum Gasteiger partial charge on any atom is 0.418 e. The molecule has 200 valence electrons. The minimum Gasteiger partial charge on any atom is -0.495 e. The van der Waals surface area contributed by atoms with Crippen molar-refractivity contribution in [2.75, 3.05) is 17.1 Å². The van der Waals surface area contributed by atoms with E-state index in [4.69, 9.17) is 4.74 Å². The third-order valence-corrected chi connectivity index (χ3v) is 8.04. The summed E-state index contributed by atoms with van der Waals surface area (Å²) >= 11 is 1.29. The lowest BCUT2D eigenvalue weighted by Gasteiger charge is -2.23. The van der Waals surface area contributed by atoms with Crippen LogP contribution in [-0.4, -0.2) is 30.5 Å². The fraction of sp³-hybridized carbons (Fsp3) is 0.240. The molecule has 0 saturated carbocycles. The Balaban J connectivity index is 1.70. The Bertz CT molecular complexity index is 1560. The van der Waals surface area contributed by atoms with E-state index in [0.717, 1.165) is 12.1 Å². The molecule has 0 radical (unpaired) electrons.